The van der Waals surface area contributed by atoms with Crippen molar-refractivity contribution in [2.75, 3.05) is 0 Å². The zero-order valence-corrected chi connectivity index (χ0v) is 25.8. The number of fused-ring (bicyclic) bond motifs is 1. The van der Waals surface area contributed by atoms with Gasteiger partial charge >= 0.3 is 26.7 Å². The second-order valence-electron chi connectivity index (χ2n) is 8.22. The third kappa shape index (κ3) is 19.8. The first kappa shape index (κ1) is 56.5. The minimum atomic E-state index is -1.23. The summed E-state index contributed by atoms with van der Waals surface area (Å²) in [5.74, 6) is 0.345. The van der Waals surface area contributed by atoms with Crippen molar-refractivity contribution in [2.24, 2.45) is 11.8 Å². The number of rotatable bonds is 6. The molecule has 50 heavy (non-hydrogen) atoms. The van der Waals surface area contributed by atoms with Crippen LogP contribution in [0.2, 0.25) is 0 Å². The Morgan fingerprint density at radius 2 is 0.880 bits per heavy atom. The Morgan fingerprint density at radius 1 is 0.580 bits per heavy atom. The number of carboxylic acids is 4. The van der Waals surface area contributed by atoms with Crippen LogP contribution in [0.25, 0.3) is 0 Å². The van der Waals surface area contributed by atoms with Crippen molar-refractivity contribution in [1.82, 2.24) is 10.1 Å². The van der Waals surface area contributed by atoms with E-state index in [2.05, 4.69) is 11.8 Å². The van der Waals surface area contributed by atoms with Crippen LogP contribution in [0.15, 0.2) is 48.5 Å². The highest BCUT2D eigenvalue weighted by atomic mass is 16.5. The number of carboxylic acid groups (broad SMARTS) is 4. The second kappa shape index (κ2) is 30.5. The predicted molar refractivity (Wildman–Crippen MR) is 164 cm³/mol. The molecule has 284 valence electrons. The molecule has 0 radical (unpaired) electrons. The van der Waals surface area contributed by atoms with E-state index < -0.39 is 47.5 Å². The highest BCUT2D eigenvalue weighted by molar-refractivity contribution is 6.20. The third-order valence-electron chi connectivity index (χ3n) is 5.20. The fraction of sp³-hybridized carbons (Fsp3) is 0.231. The van der Waals surface area contributed by atoms with Crippen LogP contribution in [0.1, 0.15) is 82.8 Å². The van der Waals surface area contributed by atoms with Gasteiger partial charge in [0.05, 0.1) is 22.3 Å². The van der Waals surface area contributed by atoms with Crippen LogP contribution in [-0.4, -0.2) is 121 Å². The highest BCUT2D eigenvalue weighted by Crippen LogP contribution is 2.20. The fourth-order valence-electron chi connectivity index (χ4n) is 3.17. The first-order valence-corrected chi connectivity index (χ1v) is 12.4. The molecule has 24 heteroatoms. The summed E-state index contributed by atoms with van der Waals surface area (Å²) >= 11 is 0. The fourth-order valence-corrected chi connectivity index (χ4v) is 3.17. The van der Waals surface area contributed by atoms with Gasteiger partial charge in [0.1, 0.15) is 0 Å². The van der Waals surface area contributed by atoms with Crippen molar-refractivity contribution in [2.45, 2.75) is 38.5 Å². The number of hydroxylamine groups is 4. The summed E-state index contributed by atoms with van der Waals surface area (Å²) in [6, 6.07) is 11.8. The van der Waals surface area contributed by atoms with E-state index in [1.165, 1.54) is 36.4 Å². The van der Waals surface area contributed by atoms with Crippen LogP contribution < -0.4 is 11.8 Å². The molecule has 4 amide bonds. The molecule has 0 unspecified atom stereocenters. The molecule has 0 bridgehead atoms. The monoisotopic (exact) mass is 730 g/mol. The molecule has 0 aliphatic carbocycles. The molecule has 20 N–H and O–H groups in total. The van der Waals surface area contributed by atoms with Gasteiger partial charge in [0.2, 0.25) is 0 Å². The van der Waals surface area contributed by atoms with Crippen molar-refractivity contribution < 1.29 is 104 Å². The summed E-state index contributed by atoms with van der Waals surface area (Å²) in [6.07, 6.45) is 1.21. The summed E-state index contributed by atoms with van der Waals surface area (Å²) in [7, 11) is 0. The van der Waals surface area contributed by atoms with E-state index in [0.29, 0.717) is 6.42 Å². The van der Waals surface area contributed by atoms with E-state index in [4.69, 9.17) is 41.3 Å². The van der Waals surface area contributed by atoms with Gasteiger partial charge in [-0.05, 0) is 37.1 Å². The summed E-state index contributed by atoms with van der Waals surface area (Å²) < 4.78 is 0. The number of aromatic carboxylic acids is 2. The minimum absolute atomic E-state index is 0. The molecular formula is C26H42N4O20+2. The van der Waals surface area contributed by atoms with Crippen molar-refractivity contribution >= 4 is 47.5 Å². The Kier molecular flexibility index (Phi) is 34.5. The first-order valence-electron chi connectivity index (χ1n) is 12.4. The zero-order chi connectivity index (χ0) is 36.0. The van der Waals surface area contributed by atoms with Gasteiger partial charge in [-0.2, -0.15) is 5.06 Å². The van der Waals surface area contributed by atoms with Crippen LogP contribution in [0.3, 0.4) is 0 Å². The number of hydrogen-bond acceptors (Lipinski definition) is 14. The van der Waals surface area contributed by atoms with E-state index in [-0.39, 0.29) is 89.2 Å². The highest BCUT2D eigenvalue weighted by Gasteiger charge is 2.34. The normalized spacial score (nSPS) is 11.5. The number of benzene rings is 2. The van der Waals surface area contributed by atoms with E-state index in [0.717, 1.165) is 0 Å². The van der Waals surface area contributed by atoms with Crippen molar-refractivity contribution in [3.8, 4) is 0 Å². The third-order valence-corrected chi connectivity index (χ3v) is 5.20. The lowest BCUT2D eigenvalue weighted by atomic mass is 10.1. The van der Waals surface area contributed by atoms with E-state index in [1.54, 1.807) is 12.1 Å². The molecule has 4 rings (SSSR count). The van der Waals surface area contributed by atoms with E-state index in [1.807, 2.05) is 0 Å². The maximum Gasteiger partial charge on any atom is 1.00 e. The number of nitrogens with zero attached hydrogens (tertiary/aromatic N) is 2. The lowest BCUT2D eigenvalue weighted by Gasteiger charge is -2.16. The Bertz CT molecular complexity index is 1300. The zero-order valence-electron chi connectivity index (χ0n) is 27.8. The molecule has 0 spiro atoms. The molecule has 2 aliphatic rings. The Hall–Kier alpha value is -5.80. The van der Waals surface area contributed by atoms with E-state index >= 15 is 0 Å². The number of amides is 4. The predicted octanol–water partition coefficient (Wildman–Crippen LogP) is -2.41. The van der Waals surface area contributed by atoms with Crippen LogP contribution in [0.5, 0.6) is 0 Å². The van der Waals surface area contributed by atoms with Gasteiger partial charge in [-0.1, -0.05) is 24.3 Å². The number of carbonyl (C=O) groups excluding carboxylic acids is 4. The lowest BCUT2D eigenvalue weighted by molar-refractivity contribution is -0.182. The summed E-state index contributed by atoms with van der Waals surface area (Å²) in [5, 5.41) is 64.0. The Labute approximate surface area is 283 Å². The first-order chi connectivity index (χ1) is 21.7. The van der Waals surface area contributed by atoms with E-state index in [9.17, 15) is 38.4 Å². The number of piperidine rings is 1. The molecule has 1 saturated heterocycles. The molecule has 1 fully saturated rings. The van der Waals surface area contributed by atoms with Crippen LogP contribution in [-0.2, 0) is 19.2 Å². The van der Waals surface area contributed by atoms with Gasteiger partial charge < -0.3 is 52.7 Å². The second-order valence-corrected chi connectivity index (χ2v) is 8.22. The summed E-state index contributed by atoms with van der Waals surface area (Å²) in [4.78, 5) is 83.5. The molecule has 0 atom stereocenters. The smallest absolute Gasteiger partial charge is 0.481 e. The molecule has 2 aromatic rings. The molecular weight excluding hydrogens is 688 g/mol. The maximum atomic E-state index is 11.1. The molecule has 0 aromatic heterocycles. The van der Waals surface area contributed by atoms with Crippen LogP contribution in [0.4, 0.5) is 0 Å². The summed E-state index contributed by atoms with van der Waals surface area (Å²) in [5.41, 5.74) is 0.130. The minimum Gasteiger partial charge on any atom is -0.481 e. The SMILES string of the molecule is NO.NO.O.O.O.O.O=C(O)CCCC(=O)O.O=C(O)c1ccccc1C(=O)O.O=C1CCCC(=O)N1O.O=C1c2ccccc2C(=O)N1O.[H+].[H+]. The quantitative estimate of drug-likeness (QED) is 0.0840. The molecule has 24 nitrogen and oxygen atoms in total. The molecule has 2 aromatic carbocycles. The van der Waals surface area contributed by atoms with Gasteiger partial charge in [0.25, 0.3) is 23.6 Å². The molecule has 0 saturated carbocycles. The average Bonchev–Trinajstić information content (AvgIpc) is 3.26. The average molecular weight is 731 g/mol. The van der Waals surface area contributed by atoms with Gasteiger partial charge in [-0.3, -0.25) is 39.2 Å². The summed E-state index contributed by atoms with van der Waals surface area (Å²) in [6.45, 7) is 0. The standard InChI is InChI=1S/C8H5NO3.C8H6O4.C5H7NO3.C5H8O4.2H3NO.4H2O/c10-7-5-3-1-2-4-6(5)8(11)9(7)12;9-7(10)5-3-1-2-4-6(5)8(11)12;7-4-2-1-3-5(8)6(4)9;6-4(7)2-1-3-5(8)9;2*1-2;;;;/h1-4,12H;1-4H,(H,9,10)(H,11,12);9H,1-3H2;1-3H2,(H,6,7)(H,8,9);2*2H,1H2;4*1H2/p+2. The number of imide groups is 2. The van der Waals surface area contributed by atoms with Crippen LogP contribution in [0, 0.1) is 0 Å². The van der Waals surface area contributed by atoms with Crippen molar-refractivity contribution in [1.29, 1.82) is 0 Å². The number of hydrogen-bond donors (Lipinski definition) is 10. The van der Waals surface area contributed by atoms with Gasteiger partial charge in [0.15, 0.2) is 0 Å². The van der Waals surface area contributed by atoms with Gasteiger partial charge in [-0.25, -0.2) is 21.4 Å². The topological polar surface area (TPSA) is 483 Å². The number of nitrogens with two attached hydrogens (primary N) is 2. The Morgan fingerprint density at radius 3 is 1.14 bits per heavy atom. The van der Waals surface area contributed by atoms with Gasteiger partial charge in [-0.15, -0.1) is 5.06 Å². The molecule has 2 heterocycles. The van der Waals surface area contributed by atoms with Crippen molar-refractivity contribution in [3.63, 3.8) is 0 Å². The number of carbonyl (C=O) groups is 8. The Balaban J connectivity index is -0.0000000778. The number of aliphatic carboxylic acids is 2. The van der Waals surface area contributed by atoms with Crippen LogP contribution >= 0.6 is 0 Å². The maximum absolute atomic E-state index is 11.1. The lowest BCUT2D eigenvalue weighted by Crippen LogP contribution is -2.36. The van der Waals surface area contributed by atoms with Gasteiger partial charge in [0, 0.05) is 25.7 Å². The largest absolute Gasteiger partial charge is 1.00 e. The molecule has 2 aliphatic heterocycles. The van der Waals surface area contributed by atoms with Crippen molar-refractivity contribution in [3.05, 3.63) is 70.8 Å².